The predicted octanol–water partition coefficient (Wildman–Crippen LogP) is 2.87. The zero-order chi connectivity index (χ0) is 19.5. The first-order valence-corrected chi connectivity index (χ1v) is 9.26. The number of nitrogens with one attached hydrogen (secondary N) is 3. The summed E-state index contributed by atoms with van der Waals surface area (Å²) in [6.07, 6.45) is 0.784. The van der Waals surface area contributed by atoms with Gasteiger partial charge in [0, 0.05) is 25.2 Å². The van der Waals surface area contributed by atoms with E-state index in [4.69, 9.17) is 0 Å². The lowest BCUT2D eigenvalue weighted by Crippen LogP contribution is -2.38. The van der Waals surface area contributed by atoms with Gasteiger partial charge in [-0.15, -0.1) is 0 Å². The number of guanidine groups is 1. The van der Waals surface area contributed by atoms with Crippen LogP contribution in [0.2, 0.25) is 0 Å². The van der Waals surface area contributed by atoms with E-state index in [-0.39, 0.29) is 11.7 Å². The molecule has 0 aliphatic heterocycles. The van der Waals surface area contributed by atoms with Crippen molar-refractivity contribution in [3.05, 3.63) is 71.0 Å². The molecule has 2 aromatic rings. The summed E-state index contributed by atoms with van der Waals surface area (Å²) >= 11 is 0. The molecule has 27 heavy (non-hydrogen) atoms. The van der Waals surface area contributed by atoms with Crippen LogP contribution in [0.3, 0.4) is 0 Å². The highest BCUT2D eigenvalue weighted by Gasteiger charge is 2.04. The molecule has 3 N–H and O–H groups in total. The Labute approximate surface area is 160 Å². The van der Waals surface area contributed by atoms with Gasteiger partial charge < -0.3 is 16.0 Å². The van der Waals surface area contributed by atoms with Crippen LogP contribution in [0.4, 0.5) is 4.39 Å². The molecule has 0 saturated carbocycles. The highest BCUT2D eigenvalue weighted by molar-refractivity contribution is 5.94. The zero-order valence-corrected chi connectivity index (χ0v) is 15.9. The zero-order valence-electron chi connectivity index (χ0n) is 15.9. The quantitative estimate of drug-likeness (QED) is 0.494. The monoisotopic (exact) mass is 370 g/mol. The van der Waals surface area contributed by atoms with Crippen LogP contribution >= 0.6 is 0 Å². The van der Waals surface area contributed by atoms with Crippen LogP contribution in [0.5, 0.6) is 0 Å². The van der Waals surface area contributed by atoms with Crippen molar-refractivity contribution in [1.82, 2.24) is 16.0 Å². The highest BCUT2D eigenvalue weighted by Crippen LogP contribution is 2.06. The number of amides is 1. The van der Waals surface area contributed by atoms with Gasteiger partial charge in [0.1, 0.15) is 5.82 Å². The summed E-state index contributed by atoms with van der Waals surface area (Å²) in [5.41, 5.74) is 2.74. The van der Waals surface area contributed by atoms with Gasteiger partial charge in [-0.2, -0.15) is 0 Å². The maximum atomic E-state index is 12.9. The van der Waals surface area contributed by atoms with Crippen molar-refractivity contribution in [2.24, 2.45) is 4.99 Å². The Hall–Kier alpha value is -2.89. The van der Waals surface area contributed by atoms with E-state index in [9.17, 15) is 9.18 Å². The molecule has 144 valence electrons. The first kappa shape index (κ1) is 20.4. The maximum absolute atomic E-state index is 12.9. The van der Waals surface area contributed by atoms with Gasteiger partial charge in [0.15, 0.2) is 5.96 Å². The molecule has 6 heteroatoms. The van der Waals surface area contributed by atoms with Crippen LogP contribution < -0.4 is 16.0 Å². The maximum Gasteiger partial charge on any atom is 0.251 e. The molecule has 0 aromatic heterocycles. The van der Waals surface area contributed by atoms with E-state index in [0.29, 0.717) is 25.2 Å². The minimum absolute atomic E-state index is 0.0663. The molecule has 0 unspecified atom stereocenters. The van der Waals surface area contributed by atoms with Crippen LogP contribution in [-0.2, 0) is 13.0 Å². The second kappa shape index (κ2) is 11.0. The lowest BCUT2D eigenvalue weighted by molar-refractivity contribution is 0.0956. The van der Waals surface area contributed by atoms with Crippen molar-refractivity contribution in [1.29, 1.82) is 0 Å². The van der Waals surface area contributed by atoms with Gasteiger partial charge in [-0.1, -0.05) is 24.3 Å². The average Bonchev–Trinajstić information content (AvgIpc) is 2.68. The van der Waals surface area contributed by atoms with Crippen LogP contribution in [0.1, 0.15) is 35.3 Å². The van der Waals surface area contributed by atoms with Crippen molar-refractivity contribution >= 4 is 11.9 Å². The number of hydrogen-bond acceptors (Lipinski definition) is 2. The highest BCUT2D eigenvalue weighted by atomic mass is 19.1. The normalized spacial score (nSPS) is 11.1. The van der Waals surface area contributed by atoms with Gasteiger partial charge in [0.2, 0.25) is 0 Å². The molecule has 0 saturated heterocycles. The number of carbonyl (C=O) groups is 1. The summed E-state index contributed by atoms with van der Waals surface area (Å²) in [5, 5.41) is 9.27. The Bertz CT molecular complexity index is 742. The molecule has 0 heterocycles. The lowest BCUT2D eigenvalue weighted by atomic mass is 10.1. The average molecular weight is 370 g/mol. The van der Waals surface area contributed by atoms with E-state index in [2.05, 4.69) is 20.9 Å². The summed E-state index contributed by atoms with van der Waals surface area (Å²) in [6, 6.07) is 14.0. The largest absolute Gasteiger partial charge is 0.357 e. The number of carbonyl (C=O) groups excluding carboxylic acids is 1. The Morgan fingerprint density at radius 2 is 1.52 bits per heavy atom. The van der Waals surface area contributed by atoms with E-state index >= 15 is 0 Å². The fourth-order valence-electron chi connectivity index (χ4n) is 2.51. The van der Waals surface area contributed by atoms with Gasteiger partial charge in [0.05, 0.1) is 6.54 Å². The standard InChI is InChI=1S/C21H27FN4O/c1-3-23-20(27)18-9-5-17(6-10-18)15-26-21(24-4-2)25-14-13-16-7-11-19(22)12-8-16/h5-12H,3-4,13-15H2,1-2H3,(H,23,27)(H2,24,25,26). The SMILES string of the molecule is CCNC(=O)c1ccc(CN=C(NCC)NCCc2ccc(F)cc2)cc1. The Morgan fingerprint density at radius 1 is 0.889 bits per heavy atom. The summed E-state index contributed by atoms with van der Waals surface area (Å²) in [7, 11) is 0. The number of rotatable bonds is 8. The summed E-state index contributed by atoms with van der Waals surface area (Å²) < 4.78 is 12.9. The number of aliphatic imine (C=N–C) groups is 1. The molecular formula is C21H27FN4O. The lowest BCUT2D eigenvalue weighted by Gasteiger charge is -2.11. The van der Waals surface area contributed by atoms with Crippen LogP contribution in [-0.4, -0.2) is 31.5 Å². The smallest absolute Gasteiger partial charge is 0.251 e. The number of hydrogen-bond donors (Lipinski definition) is 3. The number of benzene rings is 2. The van der Waals surface area contributed by atoms with Gasteiger partial charge in [-0.25, -0.2) is 9.38 Å². The Morgan fingerprint density at radius 3 is 2.15 bits per heavy atom. The van der Waals surface area contributed by atoms with E-state index in [1.807, 2.05) is 38.1 Å². The molecule has 5 nitrogen and oxygen atoms in total. The second-order valence-corrected chi connectivity index (χ2v) is 6.05. The van der Waals surface area contributed by atoms with Gasteiger partial charge >= 0.3 is 0 Å². The van der Waals surface area contributed by atoms with E-state index in [1.54, 1.807) is 12.1 Å². The van der Waals surface area contributed by atoms with Crippen LogP contribution in [0.15, 0.2) is 53.5 Å². The summed E-state index contributed by atoms with van der Waals surface area (Å²) in [5.74, 6) is 0.440. The van der Waals surface area contributed by atoms with Crippen molar-refractivity contribution in [3.8, 4) is 0 Å². The van der Waals surface area contributed by atoms with Gasteiger partial charge in [-0.3, -0.25) is 4.79 Å². The molecule has 0 radical (unpaired) electrons. The van der Waals surface area contributed by atoms with Gasteiger partial charge in [0.25, 0.3) is 5.91 Å². The Balaban J connectivity index is 1.88. The molecule has 0 aliphatic carbocycles. The second-order valence-electron chi connectivity index (χ2n) is 6.05. The van der Waals surface area contributed by atoms with E-state index < -0.39 is 0 Å². The molecule has 0 atom stereocenters. The molecule has 0 spiro atoms. The minimum atomic E-state index is -0.222. The van der Waals surface area contributed by atoms with Crippen LogP contribution in [0.25, 0.3) is 0 Å². The summed E-state index contributed by atoms with van der Waals surface area (Å²) in [4.78, 5) is 16.4. The fraction of sp³-hybridized carbons (Fsp3) is 0.333. The first-order valence-electron chi connectivity index (χ1n) is 9.26. The van der Waals surface area contributed by atoms with Crippen molar-refractivity contribution in [3.63, 3.8) is 0 Å². The predicted molar refractivity (Wildman–Crippen MR) is 107 cm³/mol. The molecule has 0 bridgehead atoms. The third kappa shape index (κ3) is 7.09. The minimum Gasteiger partial charge on any atom is -0.357 e. The first-order chi connectivity index (χ1) is 13.1. The third-order valence-electron chi connectivity index (χ3n) is 3.94. The third-order valence-corrected chi connectivity index (χ3v) is 3.94. The van der Waals surface area contributed by atoms with E-state index in [1.165, 1.54) is 12.1 Å². The Kier molecular flexibility index (Phi) is 8.29. The molecule has 0 aliphatic rings. The van der Waals surface area contributed by atoms with Crippen molar-refractivity contribution in [2.75, 3.05) is 19.6 Å². The van der Waals surface area contributed by atoms with Gasteiger partial charge in [-0.05, 0) is 55.7 Å². The van der Waals surface area contributed by atoms with E-state index in [0.717, 1.165) is 30.1 Å². The fourth-order valence-corrected chi connectivity index (χ4v) is 2.51. The van der Waals surface area contributed by atoms with Crippen LogP contribution in [0, 0.1) is 5.82 Å². The summed E-state index contributed by atoms with van der Waals surface area (Å²) in [6.45, 7) is 6.50. The molecular weight excluding hydrogens is 343 g/mol. The molecule has 2 rings (SSSR count). The number of halogens is 1. The molecule has 0 fully saturated rings. The molecule has 1 amide bonds. The van der Waals surface area contributed by atoms with Crippen molar-refractivity contribution in [2.45, 2.75) is 26.8 Å². The molecule has 2 aromatic carbocycles. The number of nitrogens with zero attached hydrogens (tertiary/aromatic N) is 1. The van der Waals surface area contributed by atoms with Crippen molar-refractivity contribution < 1.29 is 9.18 Å². The topological polar surface area (TPSA) is 65.5 Å².